The van der Waals surface area contributed by atoms with Crippen LogP contribution in [0.3, 0.4) is 0 Å². The van der Waals surface area contributed by atoms with Gasteiger partial charge in [-0.15, -0.1) is 6.58 Å². The van der Waals surface area contributed by atoms with Crippen molar-refractivity contribution in [3.63, 3.8) is 0 Å². The number of hydrogen-bond acceptors (Lipinski definition) is 1. The second-order valence-corrected chi connectivity index (χ2v) is 7.17. The summed E-state index contributed by atoms with van der Waals surface area (Å²) in [6, 6.07) is 0.703. The van der Waals surface area contributed by atoms with Gasteiger partial charge in [-0.25, -0.2) is 0 Å². The largest absolute Gasteiger partial charge is 0.313 e. The van der Waals surface area contributed by atoms with Crippen LogP contribution in [0.5, 0.6) is 0 Å². The summed E-state index contributed by atoms with van der Waals surface area (Å²) in [6.45, 7) is 14.5. The molecule has 0 bridgehead atoms. The van der Waals surface area contributed by atoms with E-state index in [4.69, 9.17) is 0 Å². The zero-order valence-corrected chi connectivity index (χ0v) is 13.7. The first-order valence-electron chi connectivity index (χ1n) is 8.38. The van der Waals surface area contributed by atoms with Gasteiger partial charge in [0.2, 0.25) is 0 Å². The van der Waals surface area contributed by atoms with Crippen LogP contribution in [0, 0.1) is 11.3 Å². The molecule has 1 aliphatic carbocycles. The molecule has 1 fully saturated rings. The highest BCUT2D eigenvalue weighted by atomic mass is 14.9. The van der Waals surface area contributed by atoms with Crippen LogP contribution in [0.2, 0.25) is 0 Å². The van der Waals surface area contributed by atoms with Crippen molar-refractivity contribution in [1.29, 1.82) is 0 Å². The van der Waals surface area contributed by atoms with Crippen molar-refractivity contribution < 1.29 is 0 Å². The Morgan fingerprint density at radius 1 is 1.26 bits per heavy atom. The van der Waals surface area contributed by atoms with E-state index in [0.29, 0.717) is 11.5 Å². The van der Waals surface area contributed by atoms with Gasteiger partial charge in [0.05, 0.1) is 0 Å². The molecule has 0 aromatic heterocycles. The quantitative estimate of drug-likeness (QED) is 0.556. The van der Waals surface area contributed by atoms with Crippen molar-refractivity contribution in [3.05, 3.63) is 12.2 Å². The lowest BCUT2D eigenvalue weighted by Gasteiger charge is -2.40. The normalized spacial score (nSPS) is 19.8. The molecule has 0 aromatic carbocycles. The van der Waals surface area contributed by atoms with Crippen molar-refractivity contribution >= 4 is 0 Å². The van der Waals surface area contributed by atoms with E-state index in [1.54, 1.807) is 0 Å². The zero-order chi connectivity index (χ0) is 14.3. The Hall–Kier alpha value is -0.300. The molecule has 0 spiro atoms. The molecule has 0 aromatic rings. The maximum absolute atomic E-state index is 4.09. The van der Waals surface area contributed by atoms with Crippen LogP contribution < -0.4 is 5.32 Å². The van der Waals surface area contributed by atoms with Crippen LogP contribution in [0.1, 0.15) is 79.1 Å². The third kappa shape index (κ3) is 5.30. The summed E-state index contributed by atoms with van der Waals surface area (Å²) in [5.74, 6) is 0.814. The van der Waals surface area contributed by atoms with Crippen molar-refractivity contribution in [3.8, 4) is 0 Å². The predicted octanol–water partition coefficient (Wildman–Crippen LogP) is 5.32. The molecule has 1 rings (SSSR count). The average molecular weight is 265 g/mol. The molecular formula is C18H35N. The third-order valence-electron chi connectivity index (χ3n) is 4.65. The molecule has 112 valence electrons. The predicted molar refractivity (Wildman–Crippen MR) is 86.5 cm³/mol. The van der Waals surface area contributed by atoms with Gasteiger partial charge in [-0.05, 0) is 63.3 Å². The number of rotatable bonds is 9. The van der Waals surface area contributed by atoms with Gasteiger partial charge in [-0.2, -0.15) is 0 Å². The molecule has 1 saturated carbocycles. The van der Waals surface area contributed by atoms with Crippen LogP contribution in [0.4, 0.5) is 0 Å². The highest BCUT2D eigenvalue weighted by molar-refractivity contribution is 4.98. The van der Waals surface area contributed by atoms with Crippen LogP contribution in [-0.4, -0.2) is 12.6 Å². The minimum Gasteiger partial charge on any atom is -0.313 e. The van der Waals surface area contributed by atoms with Crippen molar-refractivity contribution in [1.82, 2.24) is 5.32 Å². The Kier molecular flexibility index (Phi) is 7.13. The van der Waals surface area contributed by atoms with E-state index in [2.05, 4.69) is 39.6 Å². The molecule has 0 aliphatic heterocycles. The highest BCUT2D eigenvalue weighted by Gasteiger charge is 2.40. The Morgan fingerprint density at radius 2 is 1.89 bits per heavy atom. The molecule has 1 N–H and O–H groups in total. The SMILES string of the molecule is C=C(C)CCC(NCCC)C1(CC(C)C)CCCC1. The number of hydrogen-bond donors (Lipinski definition) is 1. The van der Waals surface area contributed by atoms with Crippen molar-refractivity contribution in [2.75, 3.05) is 6.54 Å². The summed E-state index contributed by atoms with van der Waals surface area (Å²) >= 11 is 0. The molecule has 1 nitrogen and oxygen atoms in total. The van der Waals surface area contributed by atoms with Crippen molar-refractivity contribution in [2.45, 2.75) is 85.1 Å². The lowest BCUT2D eigenvalue weighted by molar-refractivity contribution is 0.147. The maximum Gasteiger partial charge on any atom is 0.0127 e. The Labute approximate surface area is 121 Å². The molecule has 19 heavy (non-hydrogen) atoms. The van der Waals surface area contributed by atoms with Crippen LogP contribution in [0.15, 0.2) is 12.2 Å². The summed E-state index contributed by atoms with van der Waals surface area (Å²) in [5, 5.41) is 3.87. The smallest absolute Gasteiger partial charge is 0.0127 e. The molecule has 0 radical (unpaired) electrons. The molecule has 1 unspecified atom stereocenters. The van der Waals surface area contributed by atoms with Gasteiger partial charge in [0.25, 0.3) is 0 Å². The summed E-state index contributed by atoms with van der Waals surface area (Å²) in [4.78, 5) is 0. The van der Waals surface area contributed by atoms with Gasteiger partial charge in [0.1, 0.15) is 0 Å². The minimum atomic E-state index is 0.568. The van der Waals surface area contributed by atoms with E-state index in [1.807, 2.05) is 0 Å². The first-order chi connectivity index (χ1) is 9.00. The van der Waals surface area contributed by atoms with Crippen LogP contribution in [-0.2, 0) is 0 Å². The Bertz CT molecular complexity index is 261. The topological polar surface area (TPSA) is 12.0 Å². The van der Waals surface area contributed by atoms with E-state index >= 15 is 0 Å². The van der Waals surface area contributed by atoms with Gasteiger partial charge in [0, 0.05) is 6.04 Å². The summed E-state index contributed by atoms with van der Waals surface area (Å²) in [6.07, 6.45) is 10.8. The molecular weight excluding hydrogens is 230 g/mol. The molecule has 0 amide bonds. The summed E-state index contributed by atoms with van der Waals surface area (Å²) < 4.78 is 0. The van der Waals surface area contributed by atoms with Crippen molar-refractivity contribution in [2.24, 2.45) is 11.3 Å². The monoisotopic (exact) mass is 265 g/mol. The van der Waals surface area contributed by atoms with E-state index in [9.17, 15) is 0 Å². The van der Waals surface area contributed by atoms with E-state index < -0.39 is 0 Å². The fourth-order valence-corrected chi connectivity index (χ4v) is 3.92. The number of allylic oxidation sites excluding steroid dienone is 1. The molecule has 1 atom stereocenters. The van der Waals surface area contributed by atoms with Gasteiger partial charge in [-0.3, -0.25) is 0 Å². The minimum absolute atomic E-state index is 0.568. The zero-order valence-electron chi connectivity index (χ0n) is 13.7. The first-order valence-corrected chi connectivity index (χ1v) is 8.38. The lowest BCUT2D eigenvalue weighted by Crippen LogP contribution is -2.45. The molecule has 1 heteroatoms. The second-order valence-electron chi connectivity index (χ2n) is 7.17. The standard InChI is InChI=1S/C18H35N/c1-6-13-19-17(10-9-15(2)3)18(14-16(4)5)11-7-8-12-18/h16-17,19H,2,6-14H2,1,3-5H3. The van der Waals surface area contributed by atoms with E-state index in [1.165, 1.54) is 63.5 Å². The Balaban J connectivity index is 2.73. The average Bonchev–Trinajstić information content (AvgIpc) is 2.77. The van der Waals surface area contributed by atoms with Gasteiger partial charge < -0.3 is 5.32 Å². The third-order valence-corrected chi connectivity index (χ3v) is 4.65. The highest BCUT2D eigenvalue weighted by Crippen LogP contribution is 2.47. The maximum atomic E-state index is 4.09. The van der Waals surface area contributed by atoms with E-state index in [-0.39, 0.29) is 0 Å². The summed E-state index contributed by atoms with van der Waals surface area (Å²) in [5.41, 5.74) is 1.90. The summed E-state index contributed by atoms with van der Waals surface area (Å²) in [7, 11) is 0. The fourth-order valence-electron chi connectivity index (χ4n) is 3.92. The molecule has 1 aliphatic rings. The lowest BCUT2D eigenvalue weighted by atomic mass is 9.71. The number of nitrogens with one attached hydrogen (secondary N) is 1. The second kappa shape index (κ2) is 8.09. The molecule has 0 heterocycles. The van der Waals surface area contributed by atoms with Gasteiger partial charge in [0.15, 0.2) is 0 Å². The molecule has 0 saturated heterocycles. The van der Waals surface area contributed by atoms with Crippen LogP contribution in [0.25, 0.3) is 0 Å². The first kappa shape index (κ1) is 16.8. The van der Waals surface area contributed by atoms with Gasteiger partial charge in [-0.1, -0.05) is 39.2 Å². The van der Waals surface area contributed by atoms with E-state index in [0.717, 1.165) is 5.92 Å². The fraction of sp³-hybridized carbons (Fsp3) is 0.889. The van der Waals surface area contributed by atoms with Gasteiger partial charge >= 0.3 is 0 Å². The van der Waals surface area contributed by atoms with Crippen LogP contribution >= 0.6 is 0 Å². The Morgan fingerprint density at radius 3 is 2.37 bits per heavy atom.